The van der Waals surface area contributed by atoms with Gasteiger partial charge in [-0.05, 0) is 6.26 Å². The Morgan fingerprint density at radius 1 is 1.40 bits per heavy atom. The van der Waals surface area contributed by atoms with Crippen LogP contribution in [0.3, 0.4) is 0 Å². The molecule has 0 bridgehead atoms. The molecule has 0 saturated carbocycles. The van der Waals surface area contributed by atoms with Crippen LogP contribution in [-0.2, 0) is 6.42 Å². The van der Waals surface area contributed by atoms with Gasteiger partial charge in [-0.15, -0.1) is 5.10 Å². The van der Waals surface area contributed by atoms with Crippen LogP contribution in [0, 0.1) is 0 Å². The molecule has 0 aliphatic carbocycles. The second-order valence-electron chi connectivity index (χ2n) is 3.56. The largest absolute Gasteiger partial charge is 0.337 e. The summed E-state index contributed by atoms with van der Waals surface area (Å²) < 4.78 is 0. The number of H-pyrrole nitrogens is 1. The van der Waals surface area contributed by atoms with Crippen LogP contribution in [0.1, 0.15) is 5.82 Å². The lowest BCUT2D eigenvalue weighted by Gasteiger charge is -2.25. The summed E-state index contributed by atoms with van der Waals surface area (Å²) in [6.45, 7) is 4.04. The zero-order chi connectivity index (χ0) is 10.5. The van der Waals surface area contributed by atoms with Crippen LogP contribution in [0.15, 0.2) is 0 Å². The summed E-state index contributed by atoms with van der Waals surface area (Å²) in [5, 5.41) is 10.6. The third-order valence-corrected chi connectivity index (χ3v) is 3.08. The van der Waals surface area contributed by atoms with Crippen LogP contribution in [0.4, 0.5) is 5.95 Å². The smallest absolute Gasteiger partial charge is 0.244 e. The average Bonchev–Trinajstić information content (AvgIpc) is 2.76. The van der Waals surface area contributed by atoms with Crippen molar-refractivity contribution in [3.8, 4) is 0 Å². The molecule has 1 aliphatic rings. The van der Waals surface area contributed by atoms with Gasteiger partial charge in [0, 0.05) is 38.4 Å². The van der Waals surface area contributed by atoms with Gasteiger partial charge in [-0.2, -0.15) is 16.7 Å². The van der Waals surface area contributed by atoms with Crippen molar-refractivity contribution < 1.29 is 0 Å². The molecule has 5 nitrogen and oxygen atoms in total. The monoisotopic (exact) mass is 227 g/mol. The first-order valence-electron chi connectivity index (χ1n) is 5.26. The highest BCUT2D eigenvalue weighted by Gasteiger charge is 2.14. The maximum Gasteiger partial charge on any atom is 0.244 e. The fourth-order valence-corrected chi connectivity index (χ4v) is 2.00. The highest BCUT2D eigenvalue weighted by Crippen LogP contribution is 2.08. The van der Waals surface area contributed by atoms with Gasteiger partial charge in [0.05, 0.1) is 0 Å². The van der Waals surface area contributed by atoms with Crippen molar-refractivity contribution in [1.29, 1.82) is 0 Å². The second-order valence-corrected chi connectivity index (χ2v) is 4.55. The van der Waals surface area contributed by atoms with E-state index in [2.05, 4.69) is 31.7 Å². The fraction of sp³-hybridized carbons (Fsp3) is 0.778. The zero-order valence-corrected chi connectivity index (χ0v) is 9.81. The van der Waals surface area contributed by atoms with Crippen LogP contribution in [-0.4, -0.2) is 53.4 Å². The molecular formula is C9H17N5S. The second kappa shape index (κ2) is 5.37. The minimum atomic E-state index is 0.854. The lowest BCUT2D eigenvalue weighted by atomic mass is 10.4. The number of aryl methyl sites for hydroxylation is 1. The topological polar surface area (TPSA) is 56.8 Å². The summed E-state index contributed by atoms with van der Waals surface area (Å²) >= 11 is 1.83. The first-order chi connectivity index (χ1) is 7.40. The van der Waals surface area contributed by atoms with E-state index in [1.165, 1.54) is 0 Å². The van der Waals surface area contributed by atoms with Crippen molar-refractivity contribution in [2.75, 3.05) is 43.1 Å². The Hall–Kier alpha value is -0.750. The van der Waals surface area contributed by atoms with Crippen molar-refractivity contribution in [3.05, 3.63) is 5.82 Å². The minimum absolute atomic E-state index is 0.854. The van der Waals surface area contributed by atoms with Crippen molar-refractivity contribution in [2.45, 2.75) is 6.42 Å². The van der Waals surface area contributed by atoms with Gasteiger partial charge in [0.2, 0.25) is 5.95 Å². The van der Waals surface area contributed by atoms with E-state index in [1.807, 2.05) is 11.8 Å². The van der Waals surface area contributed by atoms with Crippen molar-refractivity contribution >= 4 is 17.7 Å². The molecule has 0 radical (unpaired) electrons. The van der Waals surface area contributed by atoms with Gasteiger partial charge in [0.25, 0.3) is 0 Å². The van der Waals surface area contributed by atoms with E-state index in [9.17, 15) is 0 Å². The van der Waals surface area contributed by atoms with Gasteiger partial charge in [-0.25, -0.2) is 0 Å². The molecule has 1 aromatic rings. The van der Waals surface area contributed by atoms with Crippen LogP contribution >= 0.6 is 11.8 Å². The first kappa shape index (κ1) is 10.8. The summed E-state index contributed by atoms with van der Waals surface area (Å²) in [4.78, 5) is 6.71. The van der Waals surface area contributed by atoms with Gasteiger partial charge in [0.1, 0.15) is 5.82 Å². The van der Waals surface area contributed by atoms with Gasteiger partial charge >= 0.3 is 0 Å². The Balaban J connectivity index is 1.93. The van der Waals surface area contributed by atoms with Crippen LogP contribution in [0.2, 0.25) is 0 Å². The van der Waals surface area contributed by atoms with E-state index in [0.29, 0.717) is 0 Å². The molecule has 1 aromatic heterocycles. The first-order valence-corrected chi connectivity index (χ1v) is 6.65. The Morgan fingerprint density at radius 2 is 2.20 bits per heavy atom. The predicted octanol–water partition coefficient (Wildman–Crippen LogP) is 0.120. The lowest BCUT2D eigenvalue weighted by Crippen LogP contribution is -2.44. The molecule has 1 fully saturated rings. The number of aromatic nitrogens is 3. The van der Waals surface area contributed by atoms with Crippen molar-refractivity contribution in [3.63, 3.8) is 0 Å². The highest BCUT2D eigenvalue weighted by atomic mass is 32.2. The Labute approximate surface area is 94.0 Å². The van der Waals surface area contributed by atoms with Gasteiger partial charge in [-0.3, -0.25) is 5.10 Å². The zero-order valence-electron chi connectivity index (χ0n) is 8.99. The maximum absolute atomic E-state index is 4.49. The number of thioether (sulfide) groups is 1. The molecule has 1 aliphatic heterocycles. The highest BCUT2D eigenvalue weighted by molar-refractivity contribution is 7.98. The molecule has 15 heavy (non-hydrogen) atoms. The van der Waals surface area contributed by atoms with E-state index in [1.54, 1.807) is 0 Å². The van der Waals surface area contributed by atoms with Crippen molar-refractivity contribution in [1.82, 2.24) is 20.5 Å². The van der Waals surface area contributed by atoms with E-state index in [-0.39, 0.29) is 0 Å². The molecule has 2 rings (SSSR count). The number of nitrogens with zero attached hydrogens (tertiary/aromatic N) is 3. The molecule has 0 unspecified atom stereocenters. The molecule has 0 atom stereocenters. The molecule has 84 valence electrons. The van der Waals surface area contributed by atoms with Crippen LogP contribution in [0.25, 0.3) is 0 Å². The number of nitrogens with one attached hydrogen (secondary N) is 2. The molecule has 0 spiro atoms. The summed E-state index contributed by atoms with van der Waals surface area (Å²) in [6, 6.07) is 0. The Morgan fingerprint density at radius 3 is 2.93 bits per heavy atom. The van der Waals surface area contributed by atoms with Gasteiger partial charge in [-0.1, -0.05) is 0 Å². The van der Waals surface area contributed by atoms with Crippen LogP contribution in [0.5, 0.6) is 0 Å². The number of rotatable bonds is 4. The average molecular weight is 227 g/mol. The van der Waals surface area contributed by atoms with E-state index in [0.717, 1.165) is 50.1 Å². The lowest BCUT2D eigenvalue weighted by molar-refractivity contribution is 0.580. The number of hydrogen-bond acceptors (Lipinski definition) is 5. The molecule has 6 heteroatoms. The van der Waals surface area contributed by atoms with E-state index >= 15 is 0 Å². The molecule has 1 saturated heterocycles. The number of aromatic amines is 1. The SMILES string of the molecule is CSCCc1nc(N2CCNCC2)n[nH]1. The van der Waals surface area contributed by atoms with Crippen LogP contribution < -0.4 is 10.2 Å². The van der Waals surface area contributed by atoms with E-state index in [4.69, 9.17) is 0 Å². The number of piperazine rings is 1. The Bertz CT molecular complexity index is 294. The van der Waals surface area contributed by atoms with E-state index < -0.39 is 0 Å². The Kier molecular flexibility index (Phi) is 3.85. The normalized spacial score (nSPS) is 17.0. The summed E-state index contributed by atoms with van der Waals surface area (Å²) in [5.41, 5.74) is 0. The van der Waals surface area contributed by atoms with Crippen molar-refractivity contribution in [2.24, 2.45) is 0 Å². The molecule has 0 aromatic carbocycles. The number of hydrogen-bond donors (Lipinski definition) is 2. The molecule has 0 amide bonds. The predicted molar refractivity (Wildman–Crippen MR) is 63.6 cm³/mol. The minimum Gasteiger partial charge on any atom is -0.337 e. The molecular weight excluding hydrogens is 210 g/mol. The molecule has 2 heterocycles. The molecule has 2 N–H and O–H groups in total. The summed E-state index contributed by atoms with van der Waals surface area (Å²) in [6.07, 6.45) is 3.08. The number of anilines is 1. The summed E-state index contributed by atoms with van der Waals surface area (Å²) in [5.74, 6) is 2.95. The maximum atomic E-state index is 4.49. The van der Waals surface area contributed by atoms with Gasteiger partial charge in [0.15, 0.2) is 0 Å². The summed E-state index contributed by atoms with van der Waals surface area (Å²) in [7, 11) is 0. The quantitative estimate of drug-likeness (QED) is 0.765. The fourth-order valence-electron chi connectivity index (χ4n) is 1.60. The third kappa shape index (κ3) is 2.85. The van der Waals surface area contributed by atoms with Gasteiger partial charge < -0.3 is 10.2 Å². The standard InChI is InChI=1S/C9H17N5S/c1-15-7-2-8-11-9(13-12-8)14-5-3-10-4-6-14/h10H,2-7H2,1H3,(H,11,12,13). The third-order valence-electron chi connectivity index (χ3n) is 2.46.